The Morgan fingerprint density at radius 3 is 2.43 bits per heavy atom. The molecule has 2 amide bonds. The Labute approximate surface area is 162 Å². The van der Waals surface area contributed by atoms with Crippen molar-refractivity contribution in [3.63, 3.8) is 0 Å². The number of para-hydroxylation sites is 1. The molecule has 1 atom stereocenters. The van der Waals surface area contributed by atoms with E-state index in [0.717, 1.165) is 11.1 Å². The maximum absolute atomic E-state index is 12.2. The van der Waals surface area contributed by atoms with E-state index in [-0.39, 0.29) is 5.69 Å². The highest BCUT2D eigenvalue weighted by Crippen LogP contribution is 2.18. The molecule has 0 aliphatic carbocycles. The van der Waals surface area contributed by atoms with E-state index in [4.69, 9.17) is 9.47 Å². The molecule has 7 nitrogen and oxygen atoms in total. The molecule has 144 valence electrons. The smallest absolute Gasteiger partial charge is 0.288 e. The predicted molar refractivity (Wildman–Crippen MR) is 105 cm³/mol. The lowest BCUT2D eigenvalue weighted by Crippen LogP contribution is -2.47. The van der Waals surface area contributed by atoms with Crippen molar-refractivity contribution in [3.8, 4) is 11.5 Å². The monoisotopic (exact) mass is 379 g/mol. The molecule has 1 unspecified atom stereocenters. The van der Waals surface area contributed by atoms with Gasteiger partial charge in [-0.3, -0.25) is 20.4 Å². The lowest BCUT2D eigenvalue weighted by molar-refractivity contribution is -0.128. The summed E-state index contributed by atoms with van der Waals surface area (Å²) in [6.45, 7) is 4.07. The van der Waals surface area contributed by atoms with Gasteiger partial charge in [-0.25, -0.2) is 4.98 Å². The number of nitrogens with zero attached hydrogens (tertiary/aromatic N) is 1. The number of fused-ring (bicyclic) bond motifs is 1. The first kappa shape index (κ1) is 19.2. The van der Waals surface area contributed by atoms with E-state index in [1.165, 1.54) is 0 Å². The largest absolute Gasteiger partial charge is 0.494 e. The van der Waals surface area contributed by atoms with E-state index >= 15 is 0 Å². The van der Waals surface area contributed by atoms with Crippen LogP contribution in [-0.4, -0.2) is 29.5 Å². The summed E-state index contributed by atoms with van der Waals surface area (Å²) >= 11 is 0. The number of carbonyl (C=O) groups is 2. The number of ether oxygens (including phenoxy) is 2. The fraction of sp³-hybridized carbons (Fsp3) is 0.190. The normalized spacial score (nSPS) is 11.5. The molecule has 3 rings (SSSR count). The molecule has 0 spiro atoms. The third kappa shape index (κ3) is 4.76. The second-order valence-electron chi connectivity index (χ2n) is 6.00. The highest BCUT2D eigenvalue weighted by Gasteiger charge is 2.16. The van der Waals surface area contributed by atoms with E-state index in [9.17, 15) is 9.59 Å². The van der Waals surface area contributed by atoms with Crippen LogP contribution in [0.15, 0.2) is 60.7 Å². The molecule has 2 N–H and O–H groups in total. The Morgan fingerprint density at radius 2 is 1.68 bits per heavy atom. The Kier molecular flexibility index (Phi) is 6.06. The van der Waals surface area contributed by atoms with Crippen molar-refractivity contribution in [3.05, 3.63) is 66.4 Å². The SMILES string of the molecule is CCOc1ccc(OC(C)C(=O)NNC(=O)c2ccc3ccccc3n2)cc1. The van der Waals surface area contributed by atoms with Crippen molar-refractivity contribution < 1.29 is 19.1 Å². The Hall–Kier alpha value is -3.61. The minimum Gasteiger partial charge on any atom is -0.494 e. The zero-order valence-corrected chi connectivity index (χ0v) is 15.6. The summed E-state index contributed by atoms with van der Waals surface area (Å²) < 4.78 is 10.9. The minimum absolute atomic E-state index is 0.207. The number of aromatic nitrogens is 1. The van der Waals surface area contributed by atoms with E-state index < -0.39 is 17.9 Å². The van der Waals surface area contributed by atoms with Crippen molar-refractivity contribution in [1.82, 2.24) is 15.8 Å². The zero-order valence-electron chi connectivity index (χ0n) is 15.6. The van der Waals surface area contributed by atoms with Gasteiger partial charge in [0.2, 0.25) is 0 Å². The Balaban J connectivity index is 1.53. The van der Waals surface area contributed by atoms with Gasteiger partial charge in [-0.05, 0) is 50.2 Å². The van der Waals surface area contributed by atoms with Gasteiger partial charge in [0.05, 0.1) is 12.1 Å². The molecular formula is C21H21N3O4. The third-order valence-electron chi connectivity index (χ3n) is 3.95. The fourth-order valence-corrected chi connectivity index (χ4v) is 2.52. The molecule has 1 aromatic heterocycles. The number of amides is 2. The number of benzene rings is 2. The number of nitrogens with one attached hydrogen (secondary N) is 2. The average Bonchev–Trinajstić information content (AvgIpc) is 2.73. The first-order chi connectivity index (χ1) is 13.6. The highest BCUT2D eigenvalue weighted by molar-refractivity contribution is 5.96. The van der Waals surface area contributed by atoms with Crippen LogP contribution in [0.3, 0.4) is 0 Å². The summed E-state index contributed by atoms with van der Waals surface area (Å²) in [5.41, 5.74) is 5.62. The quantitative estimate of drug-likeness (QED) is 0.643. The molecule has 0 saturated heterocycles. The molecule has 1 heterocycles. The third-order valence-corrected chi connectivity index (χ3v) is 3.95. The van der Waals surface area contributed by atoms with Crippen molar-refractivity contribution in [1.29, 1.82) is 0 Å². The molecular weight excluding hydrogens is 358 g/mol. The Morgan fingerprint density at radius 1 is 0.964 bits per heavy atom. The first-order valence-electron chi connectivity index (χ1n) is 8.92. The number of hydrogen-bond acceptors (Lipinski definition) is 5. The average molecular weight is 379 g/mol. The fourth-order valence-electron chi connectivity index (χ4n) is 2.52. The summed E-state index contributed by atoms with van der Waals surface area (Å²) in [6.07, 6.45) is -0.803. The van der Waals surface area contributed by atoms with Gasteiger partial charge in [-0.15, -0.1) is 0 Å². The van der Waals surface area contributed by atoms with Crippen LogP contribution >= 0.6 is 0 Å². The molecule has 0 saturated carbocycles. The standard InChI is InChI=1S/C21H21N3O4/c1-3-27-16-9-11-17(12-10-16)28-14(2)20(25)23-24-21(26)19-13-8-15-6-4-5-7-18(15)22-19/h4-14H,3H2,1-2H3,(H,23,25)(H,24,26). The molecule has 0 bridgehead atoms. The van der Waals surface area contributed by atoms with Crippen molar-refractivity contribution >= 4 is 22.7 Å². The topological polar surface area (TPSA) is 89.5 Å². The second kappa shape index (κ2) is 8.85. The molecule has 7 heteroatoms. The van der Waals surface area contributed by atoms with Gasteiger partial charge in [-0.2, -0.15) is 0 Å². The van der Waals surface area contributed by atoms with Crippen LogP contribution in [0.2, 0.25) is 0 Å². The second-order valence-corrected chi connectivity index (χ2v) is 6.00. The number of hydrogen-bond donors (Lipinski definition) is 2. The van der Waals surface area contributed by atoms with E-state index in [2.05, 4.69) is 15.8 Å². The van der Waals surface area contributed by atoms with Gasteiger partial charge >= 0.3 is 0 Å². The van der Waals surface area contributed by atoms with Crippen LogP contribution in [0.4, 0.5) is 0 Å². The molecule has 0 aliphatic rings. The van der Waals surface area contributed by atoms with Crippen molar-refractivity contribution in [2.45, 2.75) is 20.0 Å². The van der Waals surface area contributed by atoms with E-state index in [0.29, 0.717) is 17.9 Å². The zero-order chi connectivity index (χ0) is 19.9. The van der Waals surface area contributed by atoms with E-state index in [1.54, 1.807) is 43.3 Å². The molecule has 0 radical (unpaired) electrons. The first-order valence-corrected chi connectivity index (χ1v) is 8.92. The van der Waals surface area contributed by atoms with Gasteiger partial charge in [0.1, 0.15) is 17.2 Å². The number of hydrazine groups is 1. The summed E-state index contributed by atoms with van der Waals surface area (Å²) in [5, 5.41) is 0.931. The predicted octanol–water partition coefficient (Wildman–Crippen LogP) is 2.86. The van der Waals surface area contributed by atoms with Crippen LogP contribution in [0.1, 0.15) is 24.3 Å². The molecule has 3 aromatic rings. The lowest BCUT2D eigenvalue weighted by atomic mass is 10.2. The van der Waals surface area contributed by atoms with Crippen molar-refractivity contribution in [2.75, 3.05) is 6.61 Å². The summed E-state index contributed by atoms with van der Waals surface area (Å²) in [7, 11) is 0. The van der Waals surface area contributed by atoms with Gasteiger partial charge in [0.25, 0.3) is 11.8 Å². The molecule has 0 aliphatic heterocycles. The molecule has 2 aromatic carbocycles. The molecule has 0 fully saturated rings. The van der Waals surface area contributed by atoms with Gasteiger partial charge in [0, 0.05) is 5.39 Å². The Bertz CT molecular complexity index is 973. The summed E-state index contributed by atoms with van der Waals surface area (Å²) in [4.78, 5) is 28.7. The minimum atomic E-state index is -0.803. The maximum atomic E-state index is 12.2. The highest BCUT2D eigenvalue weighted by atomic mass is 16.5. The van der Waals surface area contributed by atoms with Crippen LogP contribution in [0.5, 0.6) is 11.5 Å². The number of pyridine rings is 1. The van der Waals surface area contributed by atoms with Gasteiger partial charge < -0.3 is 9.47 Å². The molecule has 28 heavy (non-hydrogen) atoms. The summed E-state index contributed by atoms with van der Waals surface area (Å²) in [6, 6.07) is 17.8. The number of carbonyl (C=O) groups excluding carboxylic acids is 2. The van der Waals surface area contributed by atoms with Crippen LogP contribution in [-0.2, 0) is 4.79 Å². The summed E-state index contributed by atoms with van der Waals surface area (Å²) in [5.74, 6) is 0.256. The van der Waals surface area contributed by atoms with Gasteiger partial charge in [-0.1, -0.05) is 24.3 Å². The van der Waals surface area contributed by atoms with Crippen LogP contribution in [0, 0.1) is 0 Å². The van der Waals surface area contributed by atoms with E-state index in [1.807, 2.05) is 31.2 Å². The lowest BCUT2D eigenvalue weighted by Gasteiger charge is -2.15. The van der Waals surface area contributed by atoms with Crippen LogP contribution in [0.25, 0.3) is 10.9 Å². The van der Waals surface area contributed by atoms with Gasteiger partial charge in [0.15, 0.2) is 6.10 Å². The number of rotatable bonds is 6. The van der Waals surface area contributed by atoms with Crippen molar-refractivity contribution in [2.24, 2.45) is 0 Å². The maximum Gasteiger partial charge on any atom is 0.288 e. The van der Waals surface area contributed by atoms with Crippen LogP contribution < -0.4 is 20.3 Å².